The summed E-state index contributed by atoms with van der Waals surface area (Å²) in [6.07, 6.45) is 2.45. The summed E-state index contributed by atoms with van der Waals surface area (Å²) in [7, 11) is 1.61. The van der Waals surface area contributed by atoms with Crippen LogP contribution in [0.15, 0.2) is 41.1 Å². The maximum Gasteiger partial charge on any atom is 0.237 e. The predicted molar refractivity (Wildman–Crippen MR) is 52.0 cm³/mol. The third-order valence-electron chi connectivity index (χ3n) is 1.72. The molecule has 0 radical (unpaired) electrons. The van der Waals surface area contributed by atoms with Crippen LogP contribution in [-0.4, -0.2) is 11.7 Å². The van der Waals surface area contributed by atoms with Crippen molar-refractivity contribution < 1.29 is 9.09 Å². The van der Waals surface area contributed by atoms with Gasteiger partial charge in [0, 0.05) is 6.92 Å². The van der Waals surface area contributed by atoms with Gasteiger partial charge in [0.15, 0.2) is 5.83 Å². The van der Waals surface area contributed by atoms with Crippen molar-refractivity contribution in [1.29, 1.82) is 0 Å². The fraction of sp³-hybridized carbons (Fsp3) is 0.400. The lowest BCUT2D eigenvalue weighted by atomic mass is 10.3. The molecule has 0 aromatic heterocycles. The number of allylic oxidation sites excluding steroid dienone is 4. The van der Waals surface area contributed by atoms with E-state index in [2.05, 4.69) is 11.7 Å². The normalized spacial score (nSPS) is 12.7. The Labute approximate surface area is 78.8 Å². The molecule has 2 nitrogen and oxygen atoms in total. The van der Waals surface area contributed by atoms with Crippen LogP contribution in [0.3, 0.4) is 0 Å². The molecule has 72 valence electrons. The van der Waals surface area contributed by atoms with Crippen LogP contribution in [-0.2, 0) is 0 Å². The van der Waals surface area contributed by atoms with Crippen LogP contribution in [0.25, 0.3) is 0 Å². The minimum atomic E-state index is -0.397. The van der Waals surface area contributed by atoms with Gasteiger partial charge in [0.25, 0.3) is 0 Å². The first kappa shape index (κ1) is 11.8. The monoisotopic (exact) mass is 183 g/mol. The Kier molecular flexibility index (Phi) is 4.89. The Balaban J connectivity index is 4.98. The molecule has 0 aromatic carbocycles. The average Bonchev–Trinajstić information content (AvgIpc) is 2.12. The molecule has 0 aromatic rings. The van der Waals surface area contributed by atoms with E-state index in [4.69, 9.17) is 0 Å². The molecule has 0 saturated carbocycles. The molecule has 0 bridgehead atoms. The number of halogens is 1. The van der Waals surface area contributed by atoms with Crippen molar-refractivity contribution >= 4 is 0 Å². The van der Waals surface area contributed by atoms with Gasteiger partial charge in [-0.3, -0.25) is 0 Å². The van der Waals surface area contributed by atoms with Crippen LogP contribution in [0.4, 0.5) is 4.39 Å². The van der Waals surface area contributed by atoms with E-state index in [1.807, 2.05) is 20.8 Å². The lowest BCUT2D eigenvalue weighted by Crippen LogP contribution is -2.00. The van der Waals surface area contributed by atoms with Crippen LogP contribution < -0.4 is 0 Å². The second kappa shape index (κ2) is 5.41. The Hall–Kier alpha value is -1.25. The first-order chi connectivity index (χ1) is 6.02. The Morgan fingerprint density at radius 2 is 1.92 bits per heavy atom. The van der Waals surface area contributed by atoms with Crippen LogP contribution in [0.1, 0.15) is 20.8 Å². The highest BCUT2D eigenvalue weighted by Gasteiger charge is 2.09. The van der Waals surface area contributed by atoms with Crippen LogP contribution in [0.2, 0.25) is 0 Å². The summed E-state index contributed by atoms with van der Waals surface area (Å²) in [6, 6.07) is 0. The van der Waals surface area contributed by atoms with Crippen LogP contribution in [0.5, 0.6) is 0 Å². The summed E-state index contributed by atoms with van der Waals surface area (Å²) in [5, 5.41) is 3.91. The molecule has 0 spiro atoms. The van der Waals surface area contributed by atoms with Gasteiger partial charge in [0.2, 0.25) is 11.9 Å². The first-order valence-electron chi connectivity index (χ1n) is 4.05. The molecular weight excluding hydrogens is 167 g/mol. The highest BCUT2D eigenvalue weighted by molar-refractivity contribution is 5.05. The second-order valence-electron chi connectivity index (χ2n) is 2.85. The summed E-state index contributed by atoms with van der Waals surface area (Å²) in [5.74, 6) is -0.397. The zero-order chi connectivity index (χ0) is 10.4. The minimum absolute atomic E-state index is 0.397. The van der Waals surface area contributed by atoms with Gasteiger partial charge in [0.05, 0.1) is 7.05 Å². The SMILES string of the molecule is C=C/C(F)=C\[N+](=NC)C(C)=C(C)C. The Morgan fingerprint density at radius 3 is 2.23 bits per heavy atom. The van der Waals surface area contributed by atoms with Gasteiger partial charge in [-0.15, -0.1) is 0 Å². The van der Waals surface area contributed by atoms with E-state index < -0.39 is 5.83 Å². The van der Waals surface area contributed by atoms with Crippen LogP contribution in [0, 0.1) is 0 Å². The molecule has 0 aliphatic heterocycles. The third kappa shape index (κ3) is 3.78. The molecule has 0 aliphatic rings. The highest BCUT2D eigenvalue weighted by Crippen LogP contribution is 2.07. The first-order valence-corrected chi connectivity index (χ1v) is 4.05. The van der Waals surface area contributed by atoms with Gasteiger partial charge in [-0.2, -0.15) is 0 Å². The fourth-order valence-electron chi connectivity index (χ4n) is 0.703. The molecule has 0 atom stereocenters. The highest BCUT2D eigenvalue weighted by atomic mass is 19.1. The molecule has 0 amide bonds. The van der Waals surface area contributed by atoms with E-state index in [0.29, 0.717) is 0 Å². The summed E-state index contributed by atoms with van der Waals surface area (Å²) >= 11 is 0. The van der Waals surface area contributed by atoms with Crippen molar-refractivity contribution in [2.24, 2.45) is 5.11 Å². The minimum Gasteiger partial charge on any atom is -0.200 e. The molecule has 0 fully saturated rings. The van der Waals surface area contributed by atoms with Crippen molar-refractivity contribution in [1.82, 2.24) is 0 Å². The van der Waals surface area contributed by atoms with E-state index >= 15 is 0 Å². The molecule has 0 heterocycles. The van der Waals surface area contributed by atoms with Gasteiger partial charge in [0.1, 0.15) is 0 Å². The van der Waals surface area contributed by atoms with Crippen molar-refractivity contribution in [2.75, 3.05) is 7.05 Å². The number of hydrogen-bond donors (Lipinski definition) is 0. The maximum absolute atomic E-state index is 12.8. The van der Waals surface area contributed by atoms with Gasteiger partial charge in [-0.25, -0.2) is 4.39 Å². The van der Waals surface area contributed by atoms with Gasteiger partial charge >= 0.3 is 0 Å². The number of hydrogen-bond acceptors (Lipinski definition) is 1. The van der Waals surface area contributed by atoms with Crippen molar-refractivity contribution in [2.45, 2.75) is 20.8 Å². The second-order valence-corrected chi connectivity index (χ2v) is 2.85. The van der Waals surface area contributed by atoms with E-state index in [1.54, 1.807) is 7.05 Å². The third-order valence-corrected chi connectivity index (χ3v) is 1.72. The molecule has 3 heteroatoms. The smallest absolute Gasteiger partial charge is 0.200 e. The average molecular weight is 183 g/mol. The predicted octanol–water partition coefficient (Wildman–Crippen LogP) is 3.39. The maximum atomic E-state index is 12.8. The molecule has 0 saturated heterocycles. The lowest BCUT2D eigenvalue weighted by Gasteiger charge is -1.94. The fourth-order valence-corrected chi connectivity index (χ4v) is 0.703. The van der Waals surface area contributed by atoms with Gasteiger partial charge in [-0.1, -0.05) is 11.3 Å². The van der Waals surface area contributed by atoms with E-state index in [9.17, 15) is 4.39 Å². The number of rotatable bonds is 3. The van der Waals surface area contributed by atoms with E-state index in [1.165, 1.54) is 10.9 Å². The summed E-state index contributed by atoms with van der Waals surface area (Å²) < 4.78 is 14.3. The van der Waals surface area contributed by atoms with Crippen molar-refractivity contribution in [3.8, 4) is 0 Å². The molecule has 0 unspecified atom stereocenters. The standard InChI is InChI=1S/C10H16FN2/c1-6-10(11)7-13(12-5)9(4)8(2)3/h6-7H,1H2,2-5H3/q+1/b10-7+,13-12?. The van der Waals surface area contributed by atoms with Gasteiger partial charge in [-0.05, 0) is 30.6 Å². The Bertz CT molecular complexity index is 281. The summed E-state index contributed by atoms with van der Waals surface area (Å²) in [6.45, 7) is 9.11. The molecule has 0 N–H and O–H groups in total. The topological polar surface area (TPSA) is 15.4 Å². The molecular formula is C10H16FN2+. The summed E-state index contributed by atoms with van der Waals surface area (Å²) in [4.78, 5) is 0. The molecule has 0 aliphatic carbocycles. The number of azo groups is 2. The molecule has 13 heavy (non-hydrogen) atoms. The lowest BCUT2D eigenvalue weighted by molar-refractivity contribution is -0.478. The Morgan fingerprint density at radius 1 is 1.38 bits per heavy atom. The number of nitrogens with zero attached hydrogens (tertiary/aromatic N) is 2. The van der Waals surface area contributed by atoms with Crippen molar-refractivity contribution in [3.05, 3.63) is 36.0 Å². The summed E-state index contributed by atoms with van der Waals surface area (Å²) in [5.41, 5.74) is 2.01. The zero-order valence-electron chi connectivity index (χ0n) is 8.63. The quantitative estimate of drug-likeness (QED) is 0.362. The van der Waals surface area contributed by atoms with E-state index in [-0.39, 0.29) is 0 Å². The largest absolute Gasteiger partial charge is 0.237 e. The van der Waals surface area contributed by atoms with Crippen molar-refractivity contribution in [3.63, 3.8) is 0 Å². The van der Waals surface area contributed by atoms with Gasteiger partial charge < -0.3 is 0 Å². The zero-order valence-corrected chi connectivity index (χ0v) is 8.63. The van der Waals surface area contributed by atoms with E-state index in [0.717, 1.165) is 17.3 Å². The van der Waals surface area contributed by atoms with Crippen LogP contribution >= 0.6 is 0 Å². The molecule has 0 rings (SSSR count).